The molecule has 26 heavy (non-hydrogen) atoms. The van der Waals surface area contributed by atoms with E-state index in [9.17, 15) is 13.2 Å². The van der Waals surface area contributed by atoms with E-state index >= 15 is 0 Å². The zero-order valence-electron chi connectivity index (χ0n) is 15.5. The van der Waals surface area contributed by atoms with Crippen LogP contribution in [-0.4, -0.2) is 48.3 Å². The van der Waals surface area contributed by atoms with E-state index in [1.165, 1.54) is 50.3 Å². The van der Waals surface area contributed by atoms with E-state index in [1.807, 2.05) is 0 Å². The van der Waals surface area contributed by atoms with Crippen LogP contribution in [0.5, 0.6) is 0 Å². The molecule has 0 aromatic carbocycles. The quantitative estimate of drug-likeness (QED) is 0.620. The van der Waals surface area contributed by atoms with Gasteiger partial charge in [-0.15, -0.1) is 0 Å². The molecular weight excluding hydrogens is 361 g/mol. The number of allylic oxidation sites excluding steroid dienone is 1. The summed E-state index contributed by atoms with van der Waals surface area (Å²) in [6.07, 6.45) is 6.36. The van der Waals surface area contributed by atoms with Crippen molar-refractivity contribution in [1.82, 2.24) is 4.90 Å². The van der Waals surface area contributed by atoms with Gasteiger partial charge in [0.25, 0.3) is 5.23 Å². The summed E-state index contributed by atoms with van der Waals surface area (Å²) in [6.45, 7) is 5.70. The van der Waals surface area contributed by atoms with Crippen molar-refractivity contribution in [3.63, 3.8) is 0 Å². The predicted octanol–water partition coefficient (Wildman–Crippen LogP) is 5.62. The molecule has 0 bridgehead atoms. The van der Waals surface area contributed by atoms with Gasteiger partial charge in [0.15, 0.2) is 6.61 Å². The van der Waals surface area contributed by atoms with E-state index in [2.05, 4.69) is 16.5 Å². The standard InChI is InChI=1S/C19H31F3N2OS/c1-16-7-5-11-24(13-10-17-8-3-2-4-9-17)12-6-14-26-18(23-16)25-15-19(20,21)22/h17H,1-15H2. The average molecular weight is 393 g/mol. The monoisotopic (exact) mass is 392 g/mol. The summed E-state index contributed by atoms with van der Waals surface area (Å²) in [7, 11) is 0. The lowest BCUT2D eigenvalue weighted by Gasteiger charge is -2.27. The molecule has 0 aromatic heterocycles. The number of alkyl halides is 3. The number of rotatable bonds is 4. The largest absolute Gasteiger partial charge is 0.463 e. The highest BCUT2D eigenvalue weighted by atomic mass is 32.2. The Morgan fingerprint density at radius 3 is 2.58 bits per heavy atom. The second-order valence-electron chi connectivity index (χ2n) is 7.29. The van der Waals surface area contributed by atoms with Crippen LogP contribution in [0, 0.1) is 5.92 Å². The van der Waals surface area contributed by atoms with Crippen molar-refractivity contribution in [3.05, 3.63) is 12.3 Å². The zero-order valence-corrected chi connectivity index (χ0v) is 16.3. The summed E-state index contributed by atoms with van der Waals surface area (Å²) in [4.78, 5) is 6.68. The first-order valence-electron chi connectivity index (χ1n) is 9.73. The second-order valence-corrected chi connectivity index (χ2v) is 8.33. The van der Waals surface area contributed by atoms with Gasteiger partial charge in [-0.05, 0) is 51.2 Å². The molecule has 1 saturated carbocycles. The Balaban J connectivity index is 1.79. The normalized spacial score (nSPS) is 22.6. The summed E-state index contributed by atoms with van der Waals surface area (Å²) in [5, 5.41) is 0.1000. The van der Waals surface area contributed by atoms with Gasteiger partial charge < -0.3 is 9.64 Å². The Morgan fingerprint density at radius 1 is 1.12 bits per heavy atom. The molecule has 0 aromatic rings. The van der Waals surface area contributed by atoms with Crippen molar-refractivity contribution in [2.24, 2.45) is 10.9 Å². The molecule has 2 rings (SSSR count). The van der Waals surface area contributed by atoms with Gasteiger partial charge in [-0.1, -0.05) is 50.4 Å². The molecule has 0 unspecified atom stereocenters. The molecule has 0 spiro atoms. The van der Waals surface area contributed by atoms with Crippen LogP contribution in [-0.2, 0) is 4.74 Å². The smallest absolute Gasteiger partial charge is 0.422 e. The fourth-order valence-electron chi connectivity index (χ4n) is 3.57. The molecule has 1 fully saturated rings. The number of hydrogen-bond acceptors (Lipinski definition) is 4. The molecular formula is C19H31F3N2OS. The van der Waals surface area contributed by atoms with Gasteiger partial charge in [-0.3, -0.25) is 0 Å². The van der Waals surface area contributed by atoms with E-state index in [4.69, 9.17) is 4.74 Å². The number of thioether (sulfide) groups is 1. The summed E-state index contributed by atoms with van der Waals surface area (Å²) in [6, 6.07) is 0. The van der Waals surface area contributed by atoms with Crippen molar-refractivity contribution in [2.45, 2.75) is 64.0 Å². The maximum atomic E-state index is 12.4. The van der Waals surface area contributed by atoms with Crippen molar-refractivity contribution >= 4 is 17.0 Å². The molecule has 2 aliphatic rings. The maximum absolute atomic E-state index is 12.4. The SMILES string of the molecule is C=C1CCCN(CCC2CCCCC2)CCCSC(OCC(F)(F)F)=N1. The number of aliphatic imine (C=N–C) groups is 1. The first-order chi connectivity index (χ1) is 12.4. The van der Waals surface area contributed by atoms with Gasteiger partial charge in [0.05, 0.1) is 0 Å². The summed E-state index contributed by atoms with van der Waals surface area (Å²) >= 11 is 1.26. The number of nitrogens with zero attached hydrogens (tertiary/aromatic N) is 2. The molecule has 3 nitrogen and oxygen atoms in total. The highest BCUT2D eigenvalue weighted by Gasteiger charge is 2.29. The Kier molecular flexibility index (Phi) is 9.33. The first kappa shape index (κ1) is 21.6. The molecule has 0 saturated heterocycles. The van der Waals surface area contributed by atoms with Gasteiger partial charge in [0.1, 0.15) is 0 Å². The molecule has 0 amide bonds. The fraction of sp³-hybridized carbons (Fsp3) is 0.842. The van der Waals surface area contributed by atoms with E-state index in [0.29, 0.717) is 17.9 Å². The highest BCUT2D eigenvalue weighted by molar-refractivity contribution is 8.13. The minimum absolute atomic E-state index is 0.1000. The van der Waals surface area contributed by atoms with Crippen LogP contribution >= 0.6 is 11.8 Å². The minimum Gasteiger partial charge on any atom is -0.463 e. The molecule has 1 aliphatic carbocycles. The summed E-state index contributed by atoms with van der Waals surface area (Å²) in [5.74, 6) is 1.58. The van der Waals surface area contributed by atoms with E-state index < -0.39 is 12.8 Å². The molecule has 0 N–H and O–H groups in total. The van der Waals surface area contributed by atoms with Crippen molar-refractivity contribution in [3.8, 4) is 0 Å². The lowest BCUT2D eigenvalue weighted by molar-refractivity contribution is -0.155. The molecule has 0 radical (unpaired) electrons. The number of halogens is 3. The highest BCUT2D eigenvalue weighted by Crippen LogP contribution is 2.27. The lowest BCUT2D eigenvalue weighted by Crippen LogP contribution is -2.29. The van der Waals surface area contributed by atoms with E-state index in [1.54, 1.807) is 0 Å². The van der Waals surface area contributed by atoms with Gasteiger partial charge in [-0.2, -0.15) is 13.2 Å². The Hall–Kier alpha value is -0.690. The average Bonchev–Trinajstić information content (AvgIpc) is 2.63. The molecule has 7 heteroatoms. The summed E-state index contributed by atoms with van der Waals surface area (Å²) in [5.41, 5.74) is 0.601. The number of hydrogen-bond donors (Lipinski definition) is 0. The van der Waals surface area contributed by atoms with Crippen LogP contribution in [0.3, 0.4) is 0 Å². The van der Waals surface area contributed by atoms with E-state index in [0.717, 1.165) is 38.4 Å². The van der Waals surface area contributed by atoms with Gasteiger partial charge in [-0.25, -0.2) is 4.99 Å². The van der Waals surface area contributed by atoms with Crippen LogP contribution in [0.25, 0.3) is 0 Å². The maximum Gasteiger partial charge on any atom is 0.422 e. The van der Waals surface area contributed by atoms with Gasteiger partial charge >= 0.3 is 6.18 Å². The fourth-order valence-corrected chi connectivity index (χ4v) is 4.35. The predicted molar refractivity (Wildman–Crippen MR) is 103 cm³/mol. The Bertz CT molecular complexity index is 462. The lowest BCUT2D eigenvalue weighted by atomic mass is 9.87. The van der Waals surface area contributed by atoms with Crippen molar-refractivity contribution in [1.29, 1.82) is 0 Å². The third-order valence-electron chi connectivity index (χ3n) is 4.97. The zero-order chi connectivity index (χ0) is 18.8. The molecule has 1 aliphatic heterocycles. The third kappa shape index (κ3) is 9.31. The Morgan fingerprint density at radius 2 is 1.85 bits per heavy atom. The van der Waals surface area contributed by atoms with Crippen molar-refractivity contribution in [2.75, 3.05) is 32.0 Å². The van der Waals surface area contributed by atoms with Crippen LogP contribution in [0.15, 0.2) is 17.3 Å². The minimum atomic E-state index is -4.34. The number of ether oxygens (including phenoxy) is 1. The van der Waals surface area contributed by atoms with Crippen LogP contribution in [0.2, 0.25) is 0 Å². The molecule has 0 atom stereocenters. The Labute approximate surface area is 159 Å². The van der Waals surface area contributed by atoms with E-state index in [-0.39, 0.29) is 5.23 Å². The molecule has 150 valence electrons. The van der Waals surface area contributed by atoms with Crippen LogP contribution in [0.1, 0.15) is 57.8 Å². The first-order valence-corrected chi connectivity index (χ1v) is 10.7. The van der Waals surface area contributed by atoms with Gasteiger partial charge in [0.2, 0.25) is 0 Å². The van der Waals surface area contributed by atoms with Gasteiger partial charge in [0, 0.05) is 11.4 Å². The summed E-state index contributed by atoms with van der Waals surface area (Å²) < 4.78 is 42.0. The van der Waals surface area contributed by atoms with Crippen LogP contribution in [0.4, 0.5) is 13.2 Å². The van der Waals surface area contributed by atoms with Crippen molar-refractivity contribution < 1.29 is 17.9 Å². The third-order valence-corrected chi connectivity index (χ3v) is 5.92. The molecule has 1 heterocycles. The topological polar surface area (TPSA) is 24.8 Å². The van der Waals surface area contributed by atoms with Crippen LogP contribution < -0.4 is 0 Å². The second kappa shape index (κ2) is 11.2.